The van der Waals surface area contributed by atoms with E-state index in [2.05, 4.69) is 0 Å². The van der Waals surface area contributed by atoms with E-state index in [0.717, 1.165) is 0 Å². The monoisotopic (exact) mass is 285 g/mol. The van der Waals surface area contributed by atoms with Gasteiger partial charge in [-0.1, -0.05) is 6.07 Å². The third-order valence-electron chi connectivity index (χ3n) is 2.20. The smallest absolute Gasteiger partial charge is 0.407 e. The number of methoxy groups -OCH3 is 1. The largest absolute Gasteiger partial charge is 0.493 e. The lowest BCUT2D eigenvalue weighted by molar-refractivity contribution is -0.149. The van der Waals surface area contributed by atoms with E-state index in [1.54, 1.807) is 6.92 Å². The van der Waals surface area contributed by atoms with Crippen molar-refractivity contribution in [3.63, 3.8) is 0 Å². The van der Waals surface area contributed by atoms with Gasteiger partial charge in [-0.15, -0.1) is 12.4 Å². The Labute approximate surface area is 109 Å². The Kier molecular flexibility index (Phi) is 6.28. The zero-order chi connectivity index (χ0) is 13.1. The number of hydrogen-bond donors (Lipinski definition) is 1. The van der Waals surface area contributed by atoms with E-state index in [1.807, 2.05) is 0 Å². The minimum Gasteiger partial charge on any atom is -0.493 e. The fourth-order valence-corrected chi connectivity index (χ4v) is 1.34. The Morgan fingerprint density at radius 1 is 1.28 bits per heavy atom. The standard InChI is InChI=1S/C11H14F3NO2.ClH/c1-3-17-9-6-7(4-5-8(9)16-2)10(15)11(12,13)14;/h4-6,10H,3,15H2,1-2H3;1H/t10-;/m0./s1. The van der Waals surface area contributed by atoms with E-state index < -0.39 is 12.2 Å². The van der Waals surface area contributed by atoms with Crippen LogP contribution in [-0.4, -0.2) is 19.9 Å². The molecule has 0 aliphatic carbocycles. The summed E-state index contributed by atoms with van der Waals surface area (Å²) in [5, 5.41) is 0. The van der Waals surface area contributed by atoms with Gasteiger partial charge in [-0.25, -0.2) is 0 Å². The Bertz CT molecular complexity index is 385. The molecule has 0 aliphatic heterocycles. The first-order chi connectivity index (χ1) is 7.90. The van der Waals surface area contributed by atoms with Gasteiger partial charge in [0.25, 0.3) is 0 Å². The van der Waals surface area contributed by atoms with Crippen molar-refractivity contribution in [2.75, 3.05) is 13.7 Å². The molecular formula is C11H15ClF3NO2. The van der Waals surface area contributed by atoms with Gasteiger partial charge in [-0.05, 0) is 24.6 Å². The van der Waals surface area contributed by atoms with Crippen molar-refractivity contribution in [3.05, 3.63) is 23.8 Å². The van der Waals surface area contributed by atoms with Crippen molar-refractivity contribution >= 4 is 12.4 Å². The van der Waals surface area contributed by atoms with Gasteiger partial charge in [0.05, 0.1) is 13.7 Å². The Morgan fingerprint density at radius 3 is 2.33 bits per heavy atom. The van der Waals surface area contributed by atoms with Crippen LogP contribution in [-0.2, 0) is 0 Å². The quantitative estimate of drug-likeness (QED) is 0.924. The molecule has 0 fully saturated rings. The summed E-state index contributed by atoms with van der Waals surface area (Å²) >= 11 is 0. The molecule has 0 heterocycles. The topological polar surface area (TPSA) is 44.5 Å². The van der Waals surface area contributed by atoms with Crippen molar-refractivity contribution in [2.24, 2.45) is 5.73 Å². The van der Waals surface area contributed by atoms with Gasteiger partial charge in [0.15, 0.2) is 11.5 Å². The summed E-state index contributed by atoms with van der Waals surface area (Å²) in [4.78, 5) is 0. The van der Waals surface area contributed by atoms with Crippen molar-refractivity contribution in [3.8, 4) is 11.5 Å². The van der Waals surface area contributed by atoms with Crippen molar-refractivity contribution in [2.45, 2.75) is 19.1 Å². The molecule has 3 nitrogen and oxygen atoms in total. The highest BCUT2D eigenvalue weighted by molar-refractivity contribution is 5.85. The third kappa shape index (κ3) is 3.96. The second kappa shape index (κ2) is 6.70. The minimum atomic E-state index is -4.47. The summed E-state index contributed by atoms with van der Waals surface area (Å²) in [7, 11) is 1.42. The first-order valence-electron chi connectivity index (χ1n) is 5.03. The highest BCUT2D eigenvalue weighted by atomic mass is 35.5. The number of nitrogens with two attached hydrogens (primary N) is 1. The molecule has 7 heteroatoms. The number of alkyl halides is 3. The third-order valence-corrected chi connectivity index (χ3v) is 2.20. The van der Waals surface area contributed by atoms with E-state index in [4.69, 9.17) is 15.2 Å². The van der Waals surface area contributed by atoms with Crippen LogP contribution in [0.2, 0.25) is 0 Å². The van der Waals surface area contributed by atoms with E-state index >= 15 is 0 Å². The maximum atomic E-state index is 12.4. The highest BCUT2D eigenvalue weighted by Gasteiger charge is 2.38. The van der Waals surface area contributed by atoms with E-state index in [-0.39, 0.29) is 23.7 Å². The van der Waals surface area contributed by atoms with Crippen LogP contribution in [0.1, 0.15) is 18.5 Å². The SMILES string of the molecule is CCOc1cc([C@H](N)C(F)(F)F)ccc1OC.Cl. The van der Waals surface area contributed by atoms with Crippen LogP contribution < -0.4 is 15.2 Å². The van der Waals surface area contributed by atoms with Gasteiger partial charge >= 0.3 is 6.18 Å². The second-order valence-electron chi connectivity index (χ2n) is 3.36. The molecule has 0 radical (unpaired) electrons. The van der Waals surface area contributed by atoms with Crippen LogP contribution in [0.4, 0.5) is 13.2 Å². The summed E-state index contributed by atoms with van der Waals surface area (Å²) < 4.78 is 47.5. The van der Waals surface area contributed by atoms with Gasteiger partial charge in [0.1, 0.15) is 6.04 Å². The number of rotatable bonds is 4. The van der Waals surface area contributed by atoms with Gasteiger partial charge in [0.2, 0.25) is 0 Å². The Balaban J connectivity index is 0.00000289. The first kappa shape index (κ1) is 16.9. The molecule has 0 saturated carbocycles. The summed E-state index contributed by atoms with van der Waals surface area (Å²) in [6, 6.07) is 1.92. The average Bonchev–Trinajstić information content (AvgIpc) is 2.27. The van der Waals surface area contributed by atoms with E-state index in [9.17, 15) is 13.2 Å². The molecule has 0 saturated heterocycles. The van der Waals surface area contributed by atoms with Crippen LogP contribution in [0.15, 0.2) is 18.2 Å². The highest BCUT2D eigenvalue weighted by Crippen LogP contribution is 2.35. The molecule has 18 heavy (non-hydrogen) atoms. The Morgan fingerprint density at radius 2 is 1.89 bits per heavy atom. The zero-order valence-corrected chi connectivity index (χ0v) is 10.8. The van der Waals surface area contributed by atoms with Crippen LogP contribution in [0, 0.1) is 0 Å². The van der Waals surface area contributed by atoms with Crippen LogP contribution in [0.5, 0.6) is 11.5 Å². The van der Waals surface area contributed by atoms with E-state index in [1.165, 1.54) is 25.3 Å². The molecule has 1 aromatic carbocycles. The predicted octanol–water partition coefficient (Wildman–Crippen LogP) is 3.08. The molecular weight excluding hydrogens is 271 g/mol. The van der Waals surface area contributed by atoms with E-state index in [0.29, 0.717) is 12.4 Å². The molecule has 0 amide bonds. The predicted molar refractivity (Wildman–Crippen MR) is 64.4 cm³/mol. The summed E-state index contributed by atoms with van der Waals surface area (Å²) in [5.74, 6) is 0.636. The Hall–Kier alpha value is -1.14. The van der Waals surface area contributed by atoms with Gasteiger partial charge in [0, 0.05) is 0 Å². The molecule has 0 unspecified atom stereocenters. The zero-order valence-electron chi connectivity index (χ0n) is 9.95. The summed E-state index contributed by atoms with van der Waals surface area (Å²) in [6.07, 6.45) is -4.47. The van der Waals surface area contributed by atoms with Crippen LogP contribution in [0.25, 0.3) is 0 Å². The molecule has 0 bridgehead atoms. The lowest BCUT2D eigenvalue weighted by Crippen LogP contribution is -2.28. The fraction of sp³-hybridized carbons (Fsp3) is 0.455. The average molecular weight is 286 g/mol. The number of ether oxygens (including phenoxy) is 2. The molecule has 2 N–H and O–H groups in total. The van der Waals surface area contributed by atoms with Crippen molar-refractivity contribution < 1.29 is 22.6 Å². The normalized spacial score (nSPS) is 12.6. The fourth-order valence-electron chi connectivity index (χ4n) is 1.34. The molecule has 0 aliphatic rings. The molecule has 1 aromatic rings. The molecule has 0 aromatic heterocycles. The summed E-state index contributed by atoms with van der Waals surface area (Å²) in [5.41, 5.74) is 5.05. The number of hydrogen-bond acceptors (Lipinski definition) is 3. The molecule has 0 spiro atoms. The summed E-state index contributed by atoms with van der Waals surface area (Å²) in [6.45, 7) is 2.07. The first-order valence-corrected chi connectivity index (χ1v) is 5.03. The number of halogens is 4. The van der Waals surface area contributed by atoms with Crippen molar-refractivity contribution in [1.29, 1.82) is 0 Å². The van der Waals surface area contributed by atoms with Crippen molar-refractivity contribution in [1.82, 2.24) is 0 Å². The van der Waals surface area contributed by atoms with Gasteiger partial charge < -0.3 is 15.2 Å². The molecule has 104 valence electrons. The van der Waals surface area contributed by atoms with Gasteiger partial charge in [-0.2, -0.15) is 13.2 Å². The lowest BCUT2D eigenvalue weighted by Gasteiger charge is -2.17. The lowest BCUT2D eigenvalue weighted by atomic mass is 10.1. The molecule has 1 rings (SSSR count). The maximum absolute atomic E-state index is 12.4. The van der Waals surface area contributed by atoms with Crippen LogP contribution >= 0.6 is 12.4 Å². The van der Waals surface area contributed by atoms with Gasteiger partial charge in [-0.3, -0.25) is 0 Å². The van der Waals surface area contributed by atoms with Crippen LogP contribution in [0.3, 0.4) is 0 Å². The minimum absolute atomic E-state index is 0. The number of benzene rings is 1. The maximum Gasteiger partial charge on any atom is 0.407 e. The second-order valence-corrected chi connectivity index (χ2v) is 3.36. The molecule has 1 atom stereocenters.